The predicted octanol–water partition coefficient (Wildman–Crippen LogP) is 3.00. The van der Waals surface area contributed by atoms with Crippen LogP contribution in [-0.2, 0) is 0 Å². The third-order valence-corrected chi connectivity index (χ3v) is 3.75. The fraction of sp³-hybridized carbons (Fsp3) is 0.154. The molecule has 0 aliphatic rings. The van der Waals surface area contributed by atoms with Gasteiger partial charge in [0.25, 0.3) is 5.91 Å². The van der Waals surface area contributed by atoms with Crippen molar-refractivity contribution in [1.82, 2.24) is 5.32 Å². The van der Waals surface area contributed by atoms with Crippen LogP contribution in [0.15, 0.2) is 35.7 Å². The molecular weight excluding hydrogens is 289 g/mol. The Bertz CT molecular complexity index is 574. The average Bonchev–Trinajstić information content (AvgIpc) is 2.93. The van der Waals surface area contributed by atoms with Gasteiger partial charge in [0.05, 0.1) is 22.5 Å². The maximum absolute atomic E-state index is 13.4. The number of carbonyl (C=O) groups is 1. The first-order valence-corrected chi connectivity index (χ1v) is 6.77. The number of rotatable bonds is 4. The molecule has 0 radical (unpaired) electrons. The van der Waals surface area contributed by atoms with E-state index in [-0.39, 0.29) is 17.5 Å². The Hall–Kier alpha value is -1.43. The molecular formula is C13H11ClFNO2S. The Kier molecular flexibility index (Phi) is 4.52. The van der Waals surface area contributed by atoms with Crippen molar-refractivity contribution in [2.24, 2.45) is 0 Å². The Morgan fingerprint density at radius 3 is 2.84 bits per heavy atom. The predicted molar refractivity (Wildman–Crippen MR) is 73.0 cm³/mol. The summed E-state index contributed by atoms with van der Waals surface area (Å²) < 4.78 is 13.4. The molecule has 0 saturated heterocycles. The van der Waals surface area contributed by atoms with Crippen molar-refractivity contribution in [1.29, 1.82) is 0 Å². The largest absolute Gasteiger partial charge is 0.394 e. The van der Waals surface area contributed by atoms with Gasteiger partial charge < -0.3 is 10.4 Å². The lowest BCUT2D eigenvalue weighted by atomic mass is 10.1. The highest BCUT2D eigenvalue weighted by Crippen LogP contribution is 2.21. The van der Waals surface area contributed by atoms with Crippen molar-refractivity contribution in [3.8, 4) is 0 Å². The zero-order valence-corrected chi connectivity index (χ0v) is 11.3. The molecule has 0 saturated carbocycles. The summed E-state index contributed by atoms with van der Waals surface area (Å²) in [6.07, 6.45) is 0. The van der Waals surface area contributed by atoms with Crippen molar-refractivity contribution >= 4 is 28.8 Å². The van der Waals surface area contributed by atoms with E-state index in [1.807, 2.05) is 0 Å². The molecule has 2 aromatic rings. The van der Waals surface area contributed by atoms with Gasteiger partial charge in [-0.25, -0.2) is 4.39 Å². The second-order valence-corrected chi connectivity index (χ2v) is 5.21. The molecule has 19 heavy (non-hydrogen) atoms. The number of aliphatic hydroxyl groups is 1. The van der Waals surface area contributed by atoms with Crippen LogP contribution in [0.25, 0.3) is 0 Å². The molecule has 0 spiro atoms. The third kappa shape index (κ3) is 3.32. The van der Waals surface area contributed by atoms with Crippen LogP contribution in [0.5, 0.6) is 0 Å². The molecule has 100 valence electrons. The van der Waals surface area contributed by atoms with Gasteiger partial charge in [0.1, 0.15) is 5.82 Å². The number of carbonyl (C=O) groups excluding carboxylic acids is 1. The minimum absolute atomic E-state index is 0.00465. The van der Waals surface area contributed by atoms with E-state index >= 15 is 0 Å². The molecule has 1 unspecified atom stereocenters. The number of nitrogens with one attached hydrogen (secondary N) is 1. The van der Waals surface area contributed by atoms with Gasteiger partial charge in [0, 0.05) is 0 Å². The summed E-state index contributed by atoms with van der Waals surface area (Å²) in [5.74, 6) is -0.882. The Balaban J connectivity index is 2.16. The summed E-state index contributed by atoms with van der Waals surface area (Å²) in [6.45, 7) is -0.321. The minimum Gasteiger partial charge on any atom is -0.394 e. The van der Waals surface area contributed by atoms with Crippen LogP contribution in [0.4, 0.5) is 4.39 Å². The molecule has 1 aromatic carbocycles. The topological polar surface area (TPSA) is 49.3 Å². The SMILES string of the molecule is O=C(NC(CO)c1ccc(Cl)c(F)c1)c1cccs1. The van der Waals surface area contributed by atoms with Crippen molar-refractivity contribution in [2.75, 3.05) is 6.61 Å². The van der Waals surface area contributed by atoms with E-state index < -0.39 is 11.9 Å². The van der Waals surface area contributed by atoms with Gasteiger partial charge in [-0.1, -0.05) is 23.7 Å². The van der Waals surface area contributed by atoms with Crippen molar-refractivity contribution in [3.05, 3.63) is 57.0 Å². The smallest absolute Gasteiger partial charge is 0.261 e. The lowest BCUT2D eigenvalue weighted by Crippen LogP contribution is -2.30. The summed E-state index contributed by atoms with van der Waals surface area (Å²) in [5, 5.41) is 13.8. The molecule has 0 bridgehead atoms. The fourth-order valence-electron chi connectivity index (χ4n) is 1.60. The molecule has 0 aliphatic carbocycles. The molecule has 1 aromatic heterocycles. The Morgan fingerprint density at radius 2 is 2.26 bits per heavy atom. The number of amides is 1. The normalized spacial score (nSPS) is 12.2. The van der Waals surface area contributed by atoms with E-state index in [0.717, 1.165) is 0 Å². The van der Waals surface area contributed by atoms with E-state index in [1.54, 1.807) is 23.6 Å². The molecule has 1 amide bonds. The van der Waals surface area contributed by atoms with E-state index in [0.29, 0.717) is 10.4 Å². The first-order valence-electron chi connectivity index (χ1n) is 5.52. The highest BCUT2D eigenvalue weighted by atomic mass is 35.5. The number of halogens is 2. The van der Waals surface area contributed by atoms with Crippen LogP contribution in [0, 0.1) is 5.82 Å². The monoisotopic (exact) mass is 299 g/mol. The molecule has 2 rings (SSSR count). The van der Waals surface area contributed by atoms with Gasteiger partial charge in [-0.2, -0.15) is 0 Å². The number of aliphatic hydroxyl groups excluding tert-OH is 1. The van der Waals surface area contributed by atoms with Crippen molar-refractivity contribution in [3.63, 3.8) is 0 Å². The minimum atomic E-state index is -0.665. The van der Waals surface area contributed by atoms with Crippen LogP contribution in [-0.4, -0.2) is 17.6 Å². The van der Waals surface area contributed by atoms with Crippen LogP contribution in [0.3, 0.4) is 0 Å². The van der Waals surface area contributed by atoms with Crippen LogP contribution >= 0.6 is 22.9 Å². The Labute approximate surface area is 118 Å². The molecule has 6 heteroatoms. The van der Waals surface area contributed by atoms with Gasteiger partial charge in [0.2, 0.25) is 0 Å². The van der Waals surface area contributed by atoms with Gasteiger partial charge in [-0.05, 0) is 29.1 Å². The zero-order chi connectivity index (χ0) is 13.8. The lowest BCUT2D eigenvalue weighted by Gasteiger charge is -2.16. The second-order valence-electron chi connectivity index (χ2n) is 3.86. The number of hydrogen-bond acceptors (Lipinski definition) is 3. The molecule has 0 aliphatic heterocycles. The third-order valence-electron chi connectivity index (χ3n) is 2.58. The summed E-state index contributed by atoms with van der Waals surface area (Å²) in [5.41, 5.74) is 0.467. The van der Waals surface area contributed by atoms with Gasteiger partial charge in [-0.15, -0.1) is 11.3 Å². The lowest BCUT2D eigenvalue weighted by molar-refractivity contribution is 0.0920. The first-order chi connectivity index (χ1) is 9.11. The van der Waals surface area contributed by atoms with Crippen molar-refractivity contribution in [2.45, 2.75) is 6.04 Å². The Morgan fingerprint density at radius 1 is 1.47 bits per heavy atom. The van der Waals surface area contributed by atoms with E-state index in [1.165, 1.54) is 23.5 Å². The van der Waals surface area contributed by atoms with Crippen LogP contribution < -0.4 is 5.32 Å². The zero-order valence-electron chi connectivity index (χ0n) is 9.77. The molecule has 2 N–H and O–H groups in total. The van der Waals surface area contributed by atoms with E-state index in [4.69, 9.17) is 11.6 Å². The second kappa shape index (κ2) is 6.14. The highest BCUT2D eigenvalue weighted by Gasteiger charge is 2.16. The molecule has 1 atom stereocenters. The summed E-state index contributed by atoms with van der Waals surface area (Å²) in [6, 6.07) is 6.94. The average molecular weight is 300 g/mol. The van der Waals surface area contributed by atoms with Gasteiger partial charge >= 0.3 is 0 Å². The number of benzene rings is 1. The standard InChI is InChI=1S/C13H11ClFNO2S/c14-9-4-3-8(6-10(9)15)11(7-17)16-13(18)12-2-1-5-19-12/h1-6,11,17H,7H2,(H,16,18). The van der Waals surface area contributed by atoms with E-state index in [2.05, 4.69) is 5.32 Å². The van der Waals surface area contributed by atoms with Crippen molar-refractivity contribution < 1.29 is 14.3 Å². The molecule has 0 fully saturated rings. The number of thiophene rings is 1. The maximum Gasteiger partial charge on any atom is 0.261 e. The maximum atomic E-state index is 13.4. The number of hydrogen-bond donors (Lipinski definition) is 2. The summed E-state index contributed by atoms with van der Waals surface area (Å²) in [4.78, 5) is 12.4. The van der Waals surface area contributed by atoms with E-state index in [9.17, 15) is 14.3 Å². The summed E-state index contributed by atoms with van der Waals surface area (Å²) in [7, 11) is 0. The summed E-state index contributed by atoms with van der Waals surface area (Å²) >= 11 is 6.89. The van der Waals surface area contributed by atoms with Gasteiger partial charge in [-0.3, -0.25) is 4.79 Å². The van der Waals surface area contributed by atoms with Gasteiger partial charge in [0.15, 0.2) is 0 Å². The van der Waals surface area contributed by atoms with Crippen LogP contribution in [0.2, 0.25) is 5.02 Å². The first kappa shape index (κ1) is 14.0. The van der Waals surface area contributed by atoms with Crippen LogP contribution in [0.1, 0.15) is 21.3 Å². The highest BCUT2D eigenvalue weighted by molar-refractivity contribution is 7.12. The molecule has 3 nitrogen and oxygen atoms in total. The quantitative estimate of drug-likeness (QED) is 0.912. The molecule has 1 heterocycles. The fourth-order valence-corrected chi connectivity index (χ4v) is 2.35.